The van der Waals surface area contributed by atoms with Crippen molar-refractivity contribution in [2.24, 2.45) is 11.8 Å². The number of fused-ring (bicyclic) bond motifs is 1. The van der Waals surface area contributed by atoms with Crippen molar-refractivity contribution in [3.8, 4) is 0 Å². The zero-order valence-corrected chi connectivity index (χ0v) is 8.62. The fourth-order valence-electron chi connectivity index (χ4n) is 2.85. The highest BCUT2D eigenvalue weighted by atomic mass is 16.2. The molecule has 1 heterocycles. The van der Waals surface area contributed by atoms with Crippen LogP contribution in [0, 0.1) is 11.8 Å². The number of rotatable bonds is 1. The van der Waals surface area contributed by atoms with Crippen LogP contribution in [-0.4, -0.2) is 23.4 Å². The summed E-state index contributed by atoms with van der Waals surface area (Å²) in [7, 11) is 0. The Labute approximate surface area is 80.3 Å². The van der Waals surface area contributed by atoms with Crippen LogP contribution in [0.5, 0.6) is 0 Å². The van der Waals surface area contributed by atoms with Gasteiger partial charge >= 0.3 is 0 Å². The van der Waals surface area contributed by atoms with E-state index < -0.39 is 0 Å². The van der Waals surface area contributed by atoms with E-state index in [4.69, 9.17) is 0 Å². The summed E-state index contributed by atoms with van der Waals surface area (Å²) in [5.74, 6) is 1.54. The summed E-state index contributed by atoms with van der Waals surface area (Å²) >= 11 is 0. The molecule has 1 amide bonds. The first-order valence-corrected chi connectivity index (χ1v) is 5.50. The van der Waals surface area contributed by atoms with Gasteiger partial charge in [-0.15, -0.1) is 0 Å². The topological polar surface area (TPSA) is 20.3 Å². The molecule has 2 fully saturated rings. The molecule has 1 saturated carbocycles. The second kappa shape index (κ2) is 3.32. The molecule has 1 saturated heterocycles. The third-order valence-electron chi connectivity index (χ3n) is 3.62. The van der Waals surface area contributed by atoms with Crippen LogP contribution in [0.3, 0.4) is 0 Å². The second-order valence-corrected chi connectivity index (χ2v) is 4.71. The van der Waals surface area contributed by atoms with Gasteiger partial charge in [-0.2, -0.15) is 0 Å². The highest BCUT2D eigenvalue weighted by Gasteiger charge is 2.39. The molecule has 74 valence electrons. The molecule has 2 unspecified atom stereocenters. The van der Waals surface area contributed by atoms with Crippen LogP contribution in [0.15, 0.2) is 0 Å². The lowest BCUT2D eigenvalue weighted by atomic mass is 9.87. The van der Waals surface area contributed by atoms with Crippen molar-refractivity contribution < 1.29 is 4.79 Å². The fraction of sp³-hybridized carbons (Fsp3) is 0.909. The first-order chi connectivity index (χ1) is 6.20. The minimum Gasteiger partial charge on any atom is -0.340 e. The monoisotopic (exact) mass is 181 g/mol. The van der Waals surface area contributed by atoms with Crippen LogP contribution in [-0.2, 0) is 4.79 Å². The second-order valence-electron chi connectivity index (χ2n) is 4.71. The van der Waals surface area contributed by atoms with E-state index in [0.29, 0.717) is 17.9 Å². The van der Waals surface area contributed by atoms with Crippen molar-refractivity contribution >= 4 is 5.91 Å². The zero-order chi connectivity index (χ0) is 9.42. The van der Waals surface area contributed by atoms with Crippen molar-refractivity contribution in [3.63, 3.8) is 0 Å². The lowest BCUT2D eigenvalue weighted by Crippen LogP contribution is -2.47. The molecule has 0 aromatic rings. The van der Waals surface area contributed by atoms with E-state index in [-0.39, 0.29) is 0 Å². The van der Waals surface area contributed by atoms with E-state index >= 15 is 0 Å². The van der Waals surface area contributed by atoms with Crippen molar-refractivity contribution in [3.05, 3.63) is 0 Å². The van der Waals surface area contributed by atoms with Gasteiger partial charge in [-0.05, 0) is 39.0 Å². The Bertz CT molecular complexity index is 208. The van der Waals surface area contributed by atoms with Gasteiger partial charge < -0.3 is 4.90 Å². The summed E-state index contributed by atoms with van der Waals surface area (Å²) in [6.07, 6.45) is 4.96. The smallest absolute Gasteiger partial charge is 0.226 e. The van der Waals surface area contributed by atoms with Crippen molar-refractivity contribution in [2.45, 2.75) is 45.6 Å². The van der Waals surface area contributed by atoms with Crippen LogP contribution < -0.4 is 0 Å². The molecule has 0 N–H and O–H groups in total. The summed E-state index contributed by atoms with van der Waals surface area (Å²) in [4.78, 5) is 14.0. The molecule has 0 spiro atoms. The highest BCUT2D eigenvalue weighted by molar-refractivity contribution is 5.80. The van der Waals surface area contributed by atoms with Gasteiger partial charge in [0.05, 0.1) is 0 Å². The van der Waals surface area contributed by atoms with E-state index in [2.05, 4.69) is 18.7 Å². The number of amides is 1. The first-order valence-electron chi connectivity index (χ1n) is 5.50. The Hall–Kier alpha value is -0.530. The largest absolute Gasteiger partial charge is 0.340 e. The molecular formula is C11H19NO. The number of nitrogens with zero attached hydrogens (tertiary/aromatic N) is 1. The summed E-state index contributed by atoms with van der Waals surface area (Å²) in [6.45, 7) is 5.23. The molecule has 2 aliphatic rings. The van der Waals surface area contributed by atoms with Gasteiger partial charge in [0.2, 0.25) is 5.91 Å². The van der Waals surface area contributed by atoms with Crippen molar-refractivity contribution in [1.82, 2.24) is 4.90 Å². The molecule has 2 rings (SSSR count). The Balaban J connectivity index is 2.09. The third kappa shape index (κ3) is 1.47. The van der Waals surface area contributed by atoms with Crippen LogP contribution >= 0.6 is 0 Å². The zero-order valence-electron chi connectivity index (χ0n) is 8.62. The van der Waals surface area contributed by atoms with Crippen LogP contribution in [0.2, 0.25) is 0 Å². The number of carbonyl (C=O) groups is 1. The molecule has 2 nitrogen and oxygen atoms in total. The minimum atomic E-state index is 0.385. The molecule has 13 heavy (non-hydrogen) atoms. The number of likely N-dealkylation sites (tertiary alicyclic amines) is 1. The SMILES string of the molecule is CC(C)N1CCC2CCCC2C1=O. The lowest BCUT2D eigenvalue weighted by molar-refractivity contribution is -0.142. The Kier molecular flexibility index (Phi) is 2.31. The number of hydrogen-bond acceptors (Lipinski definition) is 1. The molecular weight excluding hydrogens is 162 g/mol. The van der Waals surface area contributed by atoms with Gasteiger partial charge in [0.1, 0.15) is 0 Å². The summed E-state index contributed by atoms with van der Waals surface area (Å²) in [5, 5.41) is 0. The molecule has 2 heteroatoms. The molecule has 2 atom stereocenters. The quantitative estimate of drug-likeness (QED) is 0.606. The van der Waals surface area contributed by atoms with E-state index in [1.807, 2.05) is 0 Å². The van der Waals surface area contributed by atoms with Gasteiger partial charge in [0, 0.05) is 18.5 Å². The maximum atomic E-state index is 12.0. The van der Waals surface area contributed by atoms with E-state index in [0.717, 1.165) is 18.9 Å². The van der Waals surface area contributed by atoms with E-state index in [1.54, 1.807) is 0 Å². The van der Waals surface area contributed by atoms with E-state index in [9.17, 15) is 4.79 Å². The predicted octanol–water partition coefficient (Wildman–Crippen LogP) is 2.04. The number of hydrogen-bond donors (Lipinski definition) is 0. The molecule has 1 aliphatic heterocycles. The average Bonchev–Trinajstić information content (AvgIpc) is 2.52. The average molecular weight is 181 g/mol. The fourth-order valence-corrected chi connectivity index (χ4v) is 2.85. The third-order valence-corrected chi connectivity index (χ3v) is 3.62. The lowest BCUT2D eigenvalue weighted by Gasteiger charge is -2.37. The van der Waals surface area contributed by atoms with Crippen molar-refractivity contribution in [2.75, 3.05) is 6.54 Å². The standard InChI is InChI=1S/C11H19NO/c1-8(2)12-7-6-9-4-3-5-10(9)11(12)13/h8-10H,3-7H2,1-2H3. The maximum Gasteiger partial charge on any atom is 0.226 e. The van der Waals surface area contributed by atoms with E-state index in [1.165, 1.54) is 19.3 Å². The van der Waals surface area contributed by atoms with Gasteiger partial charge in [0.15, 0.2) is 0 Å². The Morgan fingerprint density at radius 1 is 1.31 bits per heavy atom. The maximum absolute atomic E-state index is 12.0. The van der Waals surface area contributed by atoms with Gasteiger partial charge in [-0.25, -0.2) is 0 Å². The van der Waals surface area contributed by atoms with Gasteiger partial charge in [0.25, 0.3) is 0 Å². The van der Waals surface area contributed by atoms with Gasteiger partial charge in [-0.1, -0.05) is 6.42 Å². The molecule has 1 aliphatic carbocycles. The van der Waals surface area contributed by atoms with Crippen LogP contribution in [0.25, 0.3) is 0 Å². The molecule has 0 bridgehead atoms. The number of piperidine rings is 1. The molecule has 0 radical (unpaired) electrons. The summed E-state index contributed by atoms with van der Waals surface area (Å²) in [6, 6.07) is 0.397. The normalized spacial score (nSPS) is 34.1. The predicted molar refractivity (Wildman–Crippen MR) is 52.3 cm³/mol. The van der Waals surface area contributed by atoms with Crippen LogP contribution in [0.4, 0.5) is 0 Å². The summed E-state index contributed by atoms with van der Waals surface area (Å²) in [5.41, 5.74) is 0. The van der Waals surface area contributed by atoms with Crippen LogP contribution in [0.1, 0.15) is 39.5 Å². The van der Waals surface area contributed by atoms with Crippen molar-refractivity contribution in [1.29, 1.82) is 0 Å². The molecule has 0 aromatic heterocycles. The minimum absolute atomic E-state index is 0.385. The Morgan fingerprint density at radius 2 is 2.08 bits per heavy atom. The Morgan fingerprint density at radius 3 is 2.77 bits per heavy atom. The molecule has 0 aromatic carbocycles. The van der Waals surface area contributed by atoms with Gasteiger partial charge in [-0.3, -0.25) is 4.79 Å². The number of carbonyl (C=O) groups excluding carboxylic acids is 1. The first kappa shape index (κ1) is 9.04. The highest BCUT2D eigenvalue weighted by Crippen LogP contribution is 2.38. The summed E-state index contributed by atoms with van der Waals surface area (Å²) < 4.78 is 0.